The van der Waals surface area contributed by atoms with E-state index in [0.717, 1.165) is 16.3 Å². The van der Waals surface area contributed by atoms with Gasteiger partial charge in [-0.05, 0) is 37.3 Å². The first-order chi connectivity index (χ1) is 11.1. The number of aryl methyl sites for hydroxylation is 1. The molecule has 0 bridgehead atoms. The van der Waals surface area contributed by atoms with Gasteiger partial charge in [-0.1, -0.05) is 29.8 Å². The van der Waals surface area contributed by atoms with Crippen molar-refractivity contribution >= 4 is 40.3 Å². The van der Waals surface area contributed by atoms with Gasteiger partial charge in [0.2, 0.25) is 0 Å². The first-order valence-corrected chi connectivity index (χ1v) is 8.22. The van der Waals surface area contributed by atoms with Crippen LogP contribution in [0.3, 0.4) is 0 Å². The fraction of sp³-hybridized carbons (Fsp3) is 0.0588. The van der Waals surface area contributed by atoms with Crippen LogP contribution in [-0.4, -0.2) is 11.0 Å². The van der Waals surface area contributed by atoms with Crippen LogP contribution in [0.25, 0.3) is 11.3 Å². The zero-order valence-electron chi connectivity index (χ0n) is 12.3. The minimum Gasteiger partial charge on any atom is -0.308 e. The highest BCUT2D eigenvalue weighted by Gasteiger charge is 2.06. The van der Waals surface area contributed by atoms with Crippen LogP contribution in [0.4, 0.5) is 16.2 Å². The van der Waals surface area contributed by atoms with Crippen molar-refractivity contribution in [3.63, 3.8) is 0 Å². The summed E-state index contributed by atoms with van der Waals surface area (Å²) in [5, 5.41) is 9.14. The number of nitrogens with zero attached hydrogens (tertiary/aromatic N) is 1. The largest absolute Gasteiger partial charge is 0.323 e. The zero-order chi connectivity index (χ0) is 16.2. The van der Waals surface area contributed by atoms with Crippen LogP contribution in [-0.2, 0) is 0 Å². The molecule has 0 spiro atoms. The Kier molecular flexibility index (Phi) is 4.60. The first kappa shape index (κ1) is 15.5. The molecule has 0 saturated heterocycles. The summed E-state index contributed by atoms with van der Waals surface area (Å²) < 4.78 is 0. The number of benzene rings is 2. The van der Waals surface area contributed by atoms with Crippen LogP contribution < -0.4 is 10.6 Å². The van der Waals surface area contributed by atoms with E-state index in [1.54, 1.807) is 35.6 Å². The molecular weight excluding hydrogens is 330 g/mol. The molecule has 0 unspecified atom stereocenters. The number of carbonyl (C=O) groups excluding carboxylic acids is 1. The van der Waals surface area contributed by atoms with Gasteiger partial charge in [0.25, 0.3) is 0 Å². The minimum absolute atomic E-state index is 0.320. The molecule has 2 N–H and O–H groups in total. The summed E-state index contributed by atoms with van der Waals surface area (Å²) in [6.07, 6.45) is 0. The van der Waals surface area contributed by atoms with Crippen LogP contribution >= 0.6 is 22.9 Å². The topological polar surface area (TPSA) is 54.0 Å². The van der Waals surface area contributed by atoms with Gasteiger partial charge in [0.1, 0.15) is 0 Å². The fourth-order valence-corrected chi connectivity index (χ4v) is 2.92. The summed E-state index contributed by atoms with van der Waals surface area (Å²) >= 11 is 7.50. The van der Waals surface area contributed by atoms with Gasteiger partial charge >= 0.3 is 6.03 Å². The molecule has 0 radical (unpaired) electrons. The Bertz CT molecular complexity index is 847. The summed E-state index contributed by atoms with van der Waals surface area (Å²) in [5.41, 5.74) is 3.22. The van der Waals surface area contributed by atoms with E-state index in [-0.39, 0.29) is 6.03 Å². The van der Waals surface area contributed by atoms with Crippen molar-refractivity contribution in [1.82, 2.24) is 4.98 Å². The predicted molar refractivity (Wildman–Crippen MR) is 96.4 cm³/mol. The van der Waals surface area contributed by atoms with Gasteiger partial charge in [-0.25, -0.2) is 9.78 Å². The summed E-state index contributed by atoms with van der Waals surface area (Å²) in [4.78, 5) is 16.5. The van der Waals surface area contributed by atoms with E-state index in [2.05, 4.69) is 15.6 Å². The summed E-state index contributed by atoms with van der Waals surface area (Å²) in [5.74, 6) is 0. The lowest BCUT2D eigenvalue weighted by Crippen LogP contribution is -2.19. The maximum Gasteiger partial charge on any atom is 0.323 e. The number of nitrogens with one attached hydrogen (secondary N) is 2. The number of hydrogen-bond acceptors (Lipinski definition) is 3. The van der Waals surface area contributed by atoms with E-state index >= 15 is 0 Å². The van der Waals surface area contributed by atoms with Crippen molar-refractivity contribution in [3.05, 3.63) is 63.9 Å². The van der Waals surface area contributed by atoms with Crippen molar-refractivity contribution in [2.75, 3.05) is 10.6 Å². The predicted octanol–water partition coefficient (Wildman–Crippen LogP) is 5.42. The molecule has 1 heterocycles. The highest BCUT2D eigenvalue weighted by atomic mass is 35.5. The van der Waals surface area contributed by atoms with Gasteiger partial charge in [-0.2, -0.15) is 0 Å². The van der Waals surface area contributed by atoms with Gasteiger partial charge in [-0.3, -0.25) is 0 Å². The van der Waals surface area contributed by atoms with Gasteiger partial charge < -0.3 is 10.6 Å². The molecule has 2 aromatic carbocycles. The molecule has 0 atom stereocenters. The molecule has 0 aliphatic rings. The zero-order valence-corrected chi connectivity index (χ0v) is 13.9. The number of rotatable bonds is 3. The van der Waals surface area contributed by atoms with Crippen LogP contribution in [0, 0.1) is 6.92 Å². The second-order valence-electron chi connectivity index (χ2n) is 4.92. The summed E-state index contributed by atoms with van der Waals surface area (Å²) in [6, 6.07) is 14.3. The van der Waals surface area contributed by atoms with Gasteiger partial charge in [-0.15, -0.1) is 11.3 Å². The number of urea groups is 1. The normalized spacial score (nSPS) is 10.3. The van der Waals surface area contributed by atoms with Crippen molar-refractivity contribution in [1.29, 1.82) is 0 Å². The lowest BCUT2D eigenvalue weighted by molar-refractivity contribution is 0.262. The van der Waals surface area contributed by atoms with Crippen LogP contribution in [0.5, 0.6) is 0 Å². The lowest BCUT2D eigenvalue weighted by Gasteiger charge is -2.08. The van der Waals surface area contributed by atoms with Gasteiger partial charge in [0.05, 0.1) is 10.7 Å². The number of amides is 2. The smallest absolute Gasteiger partial charge is 0.308 e. The van der Waals surface area contributed by atoms with Crippen molar-refractivity contribution in [2.45, 2.75) is 6.92 Å². The molecular formula is C17H14ClN3OS. The molecule has 0 fully saturated rings. The molecule has 0 aliphatic carbocycles. The van der Waals surface area contributed by atoms with Crippen molar-refractivity contribution in [2.24, 2.45) is 0 Å². The average molecular weight is 344 g/mol. The molecule has 0 saturated carbocycles. The SMILES string of the molecule is Cc1nc(-c2cccc(NC(=O)Nc3cccc(Cl)c3)c2)cs1. The van der Waals surface area contributed by atoms with Gasteiger partial charge in [0, 0.05) is 27.3 Å². The highest BCUT2D eigenvalue weighted by Crippen LogP contribution is 2.24. The van der Waals surface area contributed by atoms with E-state index in [1.165, 1.54) is 0 Å². The maximum absolute atomic E-state index is 12.1. The van der Waals surface area contributed by atoms with Crippen molar-refractivity contribution < 1.29 is 4.79 Å². The molecule has 2 amide bonds. The number of halogens is 1. The van der Waals surface area contributed by atoms with E-state index in [9.17, 15) is 4.79 Å². The standard InChI is InChI=1S/C17H14ClN3OS/c1-11-19-16(10-23-11)12-4-2-6-14(8-12)20-17(22)21-15-7-3-5-13(18)9-15/h2-10H,1H3,(H2,20,21,22). The third-order valence-electron chi connectivity index (χ3n) is 3.12. The van der Waals surface area contributed by atoms with Crippen LogP contribution in [0.1, 0.15) is 5.01 Å². The Morgan fingerprint density at radius 1 is 1.09 bits per heavy atom. The Morgan fingerprint density at radius 2 is 1.78 bits per heavy atom. The van der Waals surface area contributed by atoms with Gasteiger partial charge in [0.15, 0.2) is 0 Å². The molecule has 116 valence electrons. The second kappa shape index (κ2) is 6.81. The van der Waals surface area contributed by atoms with E-state index in [4.69, 9.17) is 11.6 Å². The maximum atomic E-state index is 12.1. The number of hydrogen-bond donors (Lipinski definition) is 2. The van der Waals surface area contributed by atoms with Crippen LogP contribution in [0.15, 0.2) is 53.9 Å². The Morgan fingerprint density at radius 3 is 2.43 bits per heavy atom. The third kappa shape index (κ3) is 4.09. The Hall–Kier alpha value is -2.37. The Balaban J connectivity index is 1.71. The quantitative estimate of drug-likeness (QED) is 0.667. The minimum atomic E-state index is -0.320. The van der Waals surface area contributed by atoms with Crippen LogP contribution in [0.2, 0.25) is 5.02 Å². The number of aromatic nitrogens is 1. The first-order valence-electron chi connectivity index (χ1n) is 6.96. The second-order valence-corrected chi connectivity index (χ2v) is 6.42. The molecule has 3 aromatic rings. The monoisotopic (exact) mass is 343 g/mol. The molecule has 0 aliphatic heterocycles. The molecule has 6 heteroatoms. The van der Waals surface area contributed by atoms with E-state index in [0.29, 0.717) is 16.4 Å². The number of anilines is 2. The Labute approximate surface area is 143 Å². The summed E-state index contributed by atoms with van der Waals surface area (Å²) in [6.45, 7) is 1.97. The molecule has 3 rings (SSSR count). The highest BCUT2D eigenvalue weighted by molar-refractivity contribution is 7.09. The number of thiazole rings is 1. The third-order valence-corrected chi connectivity index (χ3v) is 4.13. The molecule has 23 heavy (non-hydrogen) atoms. The van der Waals surface area contributed by atoms with Crippen molar-refractivity contribution in [3.8, 4) is 11.3 Å². The average Bonchev–Trinajstić information content (AvgIpc) is 2.94. The number of carbonyl (C=O) groups is 1. The van der Waals surface area contributed by atoms with E-state index in [1.807, 2.05) is 36.6 Å². The molecule has 1 aromatic heterocycles. The summed E-state index contributed by atoms with van der Waals surface area (Å²) in [7, 11) is 0. The fourth-order valence-electron chi connectivity index (χ4n) is 2.11. The lowest BCUT2D eigenvalue weighted by atomic mass is 10.1. The molecule has 4 nitrogen and oxygen atoms in total. The van der Waals surface area contributed by atoms with E-state index < -0.39 is 0 Å².